The van der Waals surface area contributed by atoms with E-state index in [2.05, 4.69) is 10.3 Å². The Bertz CT molecular complexity index is 1230. The van der Waals surface area contributed by atoms with Crippen molar-refractivity contribution in [2.75, 3.05) is 12.4 Å². The molecule has 4 aromatic rings. The molecule has 3 aromatic heterocycles. The SMILES string of the molecule is COc1ccc(NC(=O)c2cc3c(=O)n(Cc4cccs4)ccc3nc2C)cc1. The minimum Gasteiger partial charge on any atom is -0.497 e. The van der Waals surface area contributed by atoms with Crippen molar-refractivity contribution < 1.29 is 9.53 Å². The average molecular weight is 405 g/mol. The fourth-order valence-corrected chi connectivity index (χ4v) is 3.81. The molecule has 0 aliphatic heterocycles. The van der Waals surface area contributed by atoms with Crippen LogP contribution in [0.1, 0.15) is 20.9 Å². The first kappa shape index (κ1) is 18.9. The van der Waals surface area contributed by atoms with Crippen molar-refractivity contribution in [3.8, 4) is 5.75 Å². The third-order valence-corrected chi connectivity index (χ3v) is 5.51. The van der Waals surface area contributed by atoms with Gasteiger partial charge in [-0.1, -0.05) is 6.07 Å². The number of nitrogens with one attached hydrogen (secondary N) is 1. The molecule has 0 saturated carbocycles. The van der Waals surface area contributed by atoms with Gasteiger partial charge in [0, 0.05) is 16.8 Å². The lowest BCUT2D eigenvalue weighted by Crippen LogP contribution is -2.21. The molecule has 0 saturated heterocycles. The van der Waals surface area contributed by atoms with Crippen molar-refractivity contribution in [3.05, 3.63) is 86.6 Å². The number of anilines is 1. The summed E-state index contributed by atoms with van der Waals surface area (Å²) in [6.45, 7) is 2.26. The lowest BCUT2D eigenvalue weighted by atomic mass is 10.1. The van der Waals surface area contributed by atoms with Gasteiger partial charge >= 0.3 is 0 Å². The second-order valence-electron chi connectivity index (χ2n) is 6.56. The Morgan fingerprint density at radius 3 is 2.69 bits per heavy atom. The third-order valence-electron chi connectivity index (χ3n) is 4.64. The molecule has 7 heteroatoms. The van der Waals surface area contributed by atoms with Crippen molar-refractivity contribution in [2.24, 2.45) is 0 Å². The highest BCUT2D eigenvalue weighted by atomic mass is 32.1. The molecule has 0 spiro atoms. The highest BCUT2D eigenvalue weighted by Crippen LogP contribution is 2.19. The molecular formula is C22H19N3O3S. The van der Waals surface area contributed by atoms with Crippen molar-refractivity contribution in [1.29, 1.82) is 0 Å². The van der Waals surface area contributed by atoms with E-state index in [1.165, 1.54) is 0 Å². The van der Waals surface area contributed by atoms with Gasteiger partial charge in [-0.3, -0.25) is 14.6 Å². The molecule has 1 N–H and O–H groups in total. The molecule has 4 rings (SSSR count). The first-order chi connectivity index (χ1) is 14.0. The highest BCUT2D eigenvalue weighted by Gasteiger charge is 2.15. The fraction of sp³-hybridized carbons (Fsp3) is 0.136. The molecule has 29 heavy (non-hydrogen) atoms. The van der Waals surface area contributed by atoms with Gasteiger partial charge in [-0.25, -0.2) is 0 Å². The minimum atomic E-state index is -0.310. The molecule has 0 bridgehead atoms. The van der Waals surface area contributed by atoms with Crippen molar-refractivity contribution in [1.82, 2.24) is 9.55 Å². The van der Waals surface area contributed by atoms with Gasteiger partial charge in [0.2, 0.25) is 0 Å². The average Bonchev–Trinajstić information content (AvgIpc) is 3.23. The lowest BCUT2D eigenvalue weighted by molar-refractivity contribution is 0.102. The summed E-state index contributed by atoms with van der Waals surface area (Å²) < 4.78 is 6.76. The van der Waals surface area contributed by atoms with Crippen LogP contribution in [0.3, 0.4) is 0 Å². The van der Waals surface area contributed by atoms with Crippen molar-refractivity contribution >= 4 is 33.8 Å². The van der Waals surface area contributed by atoms with E-state index in [0.717, 1.165) is 4.88 Å². The number of fused-ring (bicyclic) bond motifs is 1. The number of carbonyl (C=O) groups excluding carboxylic acids is 1. The van der Waals surface area contributed by atoms with Gasteiger partial charge in [0.15, 0.2) is 0 Å². The number of rotatable bonds is 5. The van der Waals surface area contributed by atoms with Gasteiger partial charge in [-0.15, -0.1) is 11.3 Å². The van der Waals surface area contributed by atoms with Crippen LogP contribution in [0.4, 0.5) is 5.69 Å². The third kappa shape index (κ3) is 3.90. The molecule has 1 amide bonds. The summed E-state index contributed by atoms with van der Waals surface area (Å²) in [5.74, 6) is 0.396. The summed E-state index contributed by atoms with van der Waals surface area (Å²) in [5, 5.41) is 5.25. The number of hydrogen-bond donors (Lipinski definition) is 1. The van der Waals surface area contributed by atoms with E-state index in [0.29, 0.717) is 40.1 Å². The number of aryl methyl sites for hydroxylation is 1. The molecule has 0 aliphatic rings. The number of aromatic nitrogens is 2. The van der Waals surface area contributed by atoms with Crippen LogP contribution in [0.25, 0.3) is 10.9 Å². The van der Waals surface area contributed by atoms with E-state index in [1.807, 2.05) is 23.6 Å². The topological polar surface area (TPSA) is 73.2 Å². The summed E-state index contributed by atoms with van der Waals surface area (Å²) in [4.78, 5) is 31.3. The zero-order valence-corrected chi connectivity index (χ0v) is 16.8. The Balaban J connectivity index is 1.68. The van der Waals surface area contributed by atoms with Gasteiger partial charge < -0.3 is 14.6 Å². The van der Waals surface area contributed by atoms with Crippen LogP contribution in [-0.4, -0.2) is 22.6 Å². The summed E-state index contributed by atoms with van der Waals surface area (Å²) in [6, 6.07) is 14.4. The largest absolute Gasteiger partial charge is 0.497 e. The maximum absolute atomic E-state index is 13.0. The maximum Gasteiger partial charge on any atom is 0.260 e. The van der Waals surface area contributed by atoms with Gasteiger partial charge in [0.05, 0.1) is 35.8 Å². The number of amides is 1. The number of thiophene rings is 1. The summed E-state index contributed by atoms with van der Waals surface area (Å²) in [6.07, 6.45) is 1.74. The van der Waals surface area contributed by atoms with E-state index in [9.17, 15) is 9.59 Å². The van der Waals surface area contributed by atoms with Crippen LogP contribution in [-0.2, 0) is 6.54 Å². The van der Waals surface area contributed by atoms with Gasteiger partial charge in [-0.05, 0) is 54.8 Å². The Morgan fingerprint density at radius 2 is 2.00 bits per heavy atom. The first-order valence-electron chi connectivity index (χ1n) is 9.04. The van der Waals surface area contributed by atoms with E-state index >= 15 is 0 Å². The zero-order valence-electron chi connectivity index (χ0n) is 16.0. The van der Waals surface area contributed by atoms with Crippen LogP contribution < -0.4 is 15.6 Å². The Labute approximate surface area is 171 Å². The van der Waals surface area contributed by atoms with Gasteiger partial charge in [-0.2, -0.15) is 0 Å². The van der Waals surface area contributed by atoms with Crippen LogP contribution in [0.5, 0.6) is 5.75 Å². The van der Waals surface area contributed by atoms with Crippen molar-refractivity contribution in [3.63, 3.8) is 0 Å². The number of pyridine rings is 2. The predicted octanol–water partition coefficient (Wildman–Crippen LogP) is 4.08. The van der Waals surface area contributed by atoms with Crippen molar-refractivity contribution in [2.45, 2.75) is 13.5 Å². The van der Waals surface area contributed by atoms with E-state index in [-0.39, 0.29) is 11.5 Å². The number of hydrogen-bond acceptors (Lipinski definition) is 5. The number of benzene rings is 1. The highest BCUT2D eigenvalue weighted by molar-refractivity contribution is 7.09. The molecule has 0 atom stereocenters. The predicted molar refractivity (Wildman–Crippen MR) is 115 cm³/mol. The number of methoxy groups -OCH3 is 1. The Hall–Kier alpha value is -3.45. The Kier molecular flexibility index (Phi) is 5.14. The number of nitrogens with zero attached hydrogens (tertiary/aromatic N) is 2. The molecular weight excluding hydrogens is 386 g/mol. The van der Waals surface area contributed by atoms with Crippen LogP contribution in [0.2, 0.25) is 0 Å². The molecule has 1 aromatic carbocycles. The van der Waals surface area contributed by atoms with E-state index in [4.69, 9.17) is 4.74 Å². The lowest BCUT2D eigenvalue weighted by Gasteiger charge is -2.11. The molecule has 0 radical (unpaired) electrons. The molecule has 0 aliphatic carbocycles. The molecule has 6 nitrogen and oxygen atoms in total. The quantitative estimate of drug-likeness (QED) is 0.543. The monoisotopic (exact) mass is 405 g/mol. The maximum atomic E-state index is 13.0. The second kappa shape index (κ2) is 7.89. The van der Waals surface area contributed by atoms with Gasteiger partial charge in [0.25, 0.3) is 11.5 Å². The number of ether oxygens (including phenoxy) is 1. The van der Waals surface area contributed by atoms with Crippen LogP contribution in [0, 0.1) is 6.92 Å². The molecule has 0 unspecified atom stereocenters. The second-order valence-corrected chi connectivity index (χ2v) is 7.60. The van der Waals surface area contributed by atoms with E-state index < -0.39 is 0 Å². The fourth-order valence-electron chi connectivity index (χ4n) is 3.10. The Morgan fingerprint density at radius 1 is 1.21 bits per heavy atom. The number of carbonyl (C=O) groups is 1. The smallest absolute Gasteiger partial charge is 0.260 e. The first-order valence-corrected chi connectivity index (χ1v) is 9.91. The summed E-state index contributed by atoms with van der Waals surface area (Å²) in [5.41, 5.74) is 1.99. The summed E-state index contributed by atoms with van der Waals surface area (Å²) >= 11 is 1.60. The molecule has 3 heterocycles. The van der Waals surface area contributed by atoms with Crippen LogP contribution in [0.15, 0.2) is 64.9 Å². The zero-order chi connectivity index (χ0) is 20.4. The van der Waals surface area contributed by atoms with Gasteiger partial charge in [0.1, 0.15) is 5.75 Å². The molecule has 146 valence electrons. The van der Waals surface area contributed by atoms with E-state index in [1.54, 1.807) is 66.5 Å². The standard InChI is InChI=1S/C22H19N3O3S/c1-14-18(21(26)24-15-5-7-16(28-2)8-6-15)12-19-20(23-14)9-10-25(22(19)27)13-17-4-3-11-29-17/h3-12H,13H2,1-2H3,(H,24,26). The normalized spacial score (nSPS) is 10.8. The minimum absolute atomic E-state index is 0.165. The van der Waals surface area contributed by atoms with Crippen LogP contribution >= 0.6 is 11.3 Å². The molecule has 0 fully saturated rings. The summed E-state index contributed by atoms with van der Waals surface area (Å²) in [7, 11) is 1.59.